The van der Waals surface area contributed by atoms with E-state index in [9.17, 15) is 13.2 Å². The van der Waals surface area contributed by atoms with Crippen LogP contribution in [0.25, 0.3) is 0 Å². The molecular formula is C14H17ClF3N. The van der Waals surface area contributed by atoms with Crippen LogP contribution in [0.5, 0.6) is 0 Å². The van der Waals surface area contributed by atoms with Crippen LogP contribution in [0.3, 0.4) is 0 Å². The molecule has 0 aliphatic heterocycles. The van der Waals surface area contributed by atoms with Crippen LogP contribution in [-0.4, -0.2) is 11.9 Å². The minimum atomic E-state index is -4.27. The predicted molar refractivity (Wildman–Crippen MR) is 70.1 cm³/mol. The van der Waals surface area contributed by atoms with Gasteiger partial charge in [0.25, 0.3) is 0 Å². The van der Waals surface area contributed by atoms with Gasteiger partial charge in [-0.2, -0.15) is 13.2 Å². The van der Waals surface area contributed by atoms with Gasteiger partial charge in [-0.05, 0) is 43.4 Å². The fraction of sp³-hybridized carbons (Fsp3) is 0.571. The molecule has 0 saturated heterocycles. The third-order valence-electron chi connectivity index (χ3n) is 3.49. The number of hydrogen-bond donors (Lipinski definition) is 1. The first-order valence-electron chi connectivity index (χ1n) is 6.46. The van der Waals surface area contributed by atoms with Crippen molar-refractivity contribution in [3.05, 3.63) is 35.4 Å². The molecule has 0 radical (unpaired) electrons. The average Bonchev–Trinajstić information content (AvgIpc) is 2.74. The molecule has 2 unspecified atom stereocenters. The summed E-state index contributed by atoms with van der Waals surface area (Å²) < 4.78 is 37.6. The number of hydrogen-bond acceptors (Lipinski definition) is 1. The lowest BCUT2D eigenvalue weighted by Crippen LogP contribution is -2.21. The monoisotopic (exact) mass is 291 g/mol. The van der Waals surface area contributed by atoms with Crippen molar-refractivity contribution in [3.63, 3.8) is 0 Å². The van der Waals surface area contributed by atoms with Gasteiger partial charge in [-0.1, -0.05) is 18.2 Å². The van der Waals surface area contributed by atoms with Crippen molar-refractivity contribution in [2.24, 2.45) is 5.92 Å². The molecule has 0 aromatic heterocycles. The fourth-order valence-corrected chi connectivity index (χ4v) is 2.86. The van der Waals surface area contributed by atoms with E-state index >= 15 is 0 Å². The quantitative estimate of drug-likeness (QED) is 0.820. The van der Waals surface area contributed by atoms with E-state index in [4.69, 9.17) is 11.6 Å². The summed E-state index contributed by atoms with van der Waals surface area (Å²) in [6, 6.07) is 5.45. The Kier molecular flexibility index (Phi) is 4.74. The van der Waals surface area contributed by atoms with Gasteiger partial charge in [-0.15, -0.1) is 11.6 Å². The minimum Gasteiger partial charge on any atom is -0.312 e. The molecule has 0 heterocycles. The van der Waals surface area contributed by atoms with Gasteiger partial charge in [0.05, 0.1) is 5.56 Å². The van der Waals surface area contributed by atoms with E-state index in [-0.39, 0.29) is 5.38 Å². The molecule has 1 aromatic carbocycles. The third kappa shape index (κ3) is 4.39. The van der Waals surface area contributed by atoms with E-state index in [1.807, 2.05) is 0 Å². The molecule has 1 fully saturated rings. The summed E-state index contributed by atoms with van der Waals surface area (Å²) in [5.41, 5.74) is 0.0729. The molecule has 2 rings (SSSR count). The Morgan fingerprint density at radius 3 is 2.68 bits per heavy atom. The molecule has 1 nitrogen and oxygen atoms in total. The second kappa shape index (κ2) is 6.14. The topological polar surface area (TPSA) is 12.0 Å². The molecule has 1 aromatic rings. The second-order valence-electron chi connectivity index (χ2n) is 5.11. The van der Waals surface area contributed by atoms with E-state index in [1.54, 1.807) is 6.07 Å². The van der Waals surface area contributed by atoms with E-state index in [0.717, 1.165) is 31.9 Å². The van der Waals surface area contributed by atoms with Gasteiger partial charge < -0.3 is 5.32 Å². The molecule has 1 aliphatic rings. The number of rotatable bonds is 4. The smallest absolute Gasteiger partial charge is 0.312 e. The summed E-state index contributed by atoms with van der Waals surface area (Å²) in [6.07, 6.45) is -1.13. The normalized spacial score (nSPS) is 23.8. The SMILES string of the molecule is FC(F)(F)c1cccc(CNCC2CCC(Cl)C2)c1. The summed E-state index contributed by atoms with van der Waals surface area (Å²) >= 11 is 6.02. The molecule has 19 heavy (non-hydrogen) atoms. The number of alkyl halides is 4. The van der Waals surface area contributed by atoms with Crippen molar-refractivity contribution in [2.75, 3.05) is 6.54 Å². The van der Waals surface area contributed by atoms with Crippen molar-refractivity contribution in [3.8, 4) is 0 Å². The van der Waals surface area contributed by atoms with Crippen LogP contribution in [0.2, 0.25) is 0 Å². The highest BCUT2D eigenvalue weighted by Gasteiger charge is 2.30. The summed E-state index contributed by atoms with van der Waals surface area (Å²) in [4.78, 5) is 0. The highest BCUT2D eigenvalue weighted by atomic mass is 35.5. The van der Waals surface area contributed by atoms with Crippen LogP contribution in [0, 0.1) is 5.92 Å². The molecule has 2 atom stereocenters. The standard InChI is InChI=1S/C14H17ClF3N/c15-13-5-4-11(7-13)9-19-8-10-2-1-3-12(6-10)14(16,17)18/h1-3,6,11,13,19H,4-5,7-9H2. The van der Waals surface area contributed by atoms with Gasteiger partial charge in [0.2, 0.25) is 0 Å². The van der Waals surface area contributed by atoms with Crippen LogP contribution in [-0.2, 0) is 12.7 Å². The van der Waals surface area contributed by atoms with Crippen LogP contribution in [0.1, 0.15) is 30.4 Å². The maximum atomic E-state index is 12.5. The molecule has 1 aliphatic carbocycles. The summed E-state index contributed by atoms with van der Waals surface area (Å²) in [6.45, 7) is 1.28. The Hall–Kier alpha value is -0.740. The van der Waals surface area contributed by atoms with Gasteiger partial charge in [-0.3, -0.25) is 0 Å². The second-order valence-corrected chi connectivity index (χ2v) is 5.72. The van der Waals surface area contributed by atoms with Crippen LogP contribution in [0.4, 0.5) is 13.2 Å². The Labute approximate surface area is 116 Å². The fourth-order valence-electron chi connectivity index (χ4n) is 2.48. The molecule has 106 valence electrons. The predicted octanol–water partition coefficient (Wildman–Crippen LogP) is 4.20. The maximum absolute atomic E-state index is 12.5. The van der Waals surface area contributed by atoms with Gasteiger partial charge in [0.1, 0.15) is 0 Å². The van der Waals surface area contributed by atoms with Crippen molar-refractivity contribution in [1.29, 1.82) is 0 Å². The Morgan fingerprint density at radius 1 is 1.26 bits per heavy atom. The number of nitrogens with one attached hydrogen (secondary N) is 1. The molecular weight excluding hydrogens is 275 g/mol. The van der Waals surface area contributed by atoms with Gasteiger partial charge in [0, 0.05) is 11.9 Å². The van der Waals surface area contributed by atoms with Crippen LogP contribution >= 0.6 is 11.6 Å². The van der Waals surface area contributed by atoms with E-state index in [0.29, 0.717) is 18.0 Å². The van der Waals surface area contributed by atoms with Crippen molar-refractivity contribution < 1.29 is 13.2 Å². The summed E-state index contributed by atoms with van der Waals surface area (Å²) in [7, 11) is 0. The highest BCUT2D eigenvalue weighted by molar-refractivity contribution is 6.20. The van der Waals surface area contributed by atoms with Crippen molar-refractivity contribution in [2.45, 2.75) is 37.4 Å². The lowest BCUT2D eigenvalue weighted by atomic mass is 10.1. The van der Waals surface area contributed by atoms with Crippen LogP contribution in [0.15, 0.2) is 24.3 Å². The zero-order valence-electron chi connectivity index (χ0n) is 10.5. The molecule has 1 N–H and O–H groups in total. The Morgan fingerprint density at radius 2 is 2.05 bits per heavy atom. The molecule has 0 spiro atoms. The number of benzene rings is 1. The molecule has 5 heteroatoms. The highest BCUT2D eigenvalue weighted by Crippen LogP contribution is 2.30. The first kappa shape index (κ1) is 14.7. The van der Waals surface area contributed by atoms with E-state index < -0.39 is 11.7 Å². The molecule has 0 bridgehead atoms. The van der Waals surface area contributed by atoms with Crippen LogP contribution < -0.4 is 5.32 Å². The lowest BCUT2D eigenvalue weighted by molar-refractivity contribution is -0.137. The first-order chi connectivity index (χ1) is 8.95. The van der Waals surface area contributed by atoms with E-state index in [2.05, 4.69) is 5.32 Å². The third-order valence-corrected chi connectivity index (χ3v) is 3.89. The first-order valence-corrected chi connectivity index (χ1v) is 6.89. The van der Waals surface area contributed by atoms with Gasteiger partial charge in [0.15, 0.2) is 0 Å². The van der Waals surface area contributed by atoms with Gasteiger partial charge >= 0.3 is 6.18 Å². The Bertz CT molecular complexity index is 419. The minimum absolute atomic E-state index is 0.264. The number of halogens is 4. The van der Waals surface area contributed by atoms with Crippen molar-refractivity contribution >= 4 is 11.6 Å². The van der Waals surface area contributed by atoms with Crippen molar-refractivity contribution in [1.82, 2.24) is 5.32 Å². The zero-order chi connectivity index (χ0) is 13.9. The maximum Gasteiger partial charge on any atom is 0.416 e. The molecule has 0 amide bonds. The van der Waals surface area contributed by atoms with Gasteiger partial charge in [-0.25, -0.2) is 0 Å². The Balaban J connectivity index is 1.83. The lowest BCUT2D eigenvalue weighted by Gasteiger charge is -2.12. The summed E-state index contributed by atoms with van der Waals surface area (Å²) in [5, 5.41) is 3.48. The zero-order valence-corrected chi connectivity index (χ0v) is 11.3. The average molecular weight is 292 g/mol. The van der Waals surface area contributed by atoms with E-state index in [1.165, 1.54) is 12.1 Å². The molecule has 1 saturated carbocycles. The largest absolute Gasteiger partial charge is 0.416 e. The summed E-state index contributed by atoms with van der Waals surface area (Å²) in [5.74, 6) is 0.549.